The van der Waals surface area contributed by atoms with Crippen molar-refractivity contribution in [2.24, 2.45) is 5.73 Å². The molecule has 0 saturated carbocycles. The molecule has 0 spiro atoms. The first-order chi connectivity index (χ1) is 17.7. The highest BCUT2D eigenvalue weighted by molar-refractivity contribution is 6.30. The summed E-state index contributed by atoms with van der Waals surface area (Å²) in [5.74, 6) is -1.23. The molecule has 4 rings (SSSR count). The molecule has 0 aliphatic heterocycles. The molecule has 2 aromatic heterocycles. The summed E-state index contributed by atoms with van der Waals surface area (Å²) in [6.07, 6.45) is 0. The number of ether oxygens (including phenoxy) is 1. The number of aryl methyl sites for hydroxylation is 2. The van der Waals surface area contributed by atoms with Gasteiger partial charge in [-0.25, -0.2) is 4.79 Å². The van der Waals surface area contributed by atoms with Crippen LogP contribution < -0.4 is 16.4 Å². The second kappa shape index (κ2) is 12.6. The first kappa shape index (κ1) is 27.3. The average Bonchev–Trinajstić information content (AvgIpc) is 2.87. The maximum Gasteiger partial charge on any atom is 0.360 e. The van der Waals surface area contributed by atoms with Gasteiger partial charge in [0.05, 0.1) is 18.5 Å². The third-order valence-electron chi connectivity index (χ3n) is 4.80. The van der Waals surface area contributed by atoms with Gasteiger partial charge in [-0.3, -0.25) is 4.79 Å². The molecule has 0 aliphatic rings. The Morgan fingerprint density at radius 3 is 1.54 bits per heavy atom. The number of hydrogen-bond acceptors (Lipinski definition) is 9. The third-order valence-corrected chi connectivity index (χ3v) is 5.17. The molecule has 37 heavy (non-hydrogen) atoms. The average molecular weight is 540 g/mol. The van der Waals surface area contributed by atoms with E-state index in [-0.39, 0.29) is 21.7 Å². The topological polar surface area (TPSA) is 145 Å². The number of nitrogens with zero attached hydrogens (tertiary/aromatic N) is 4. The molecule has 0 fully saturated rings. The maximum atomic E-state index is 11.6. The molecule has 12 heteroatoms. The number of nitrogens with two attached hydrogens (primary N) is 1. The lowest BCUT2D eigenvalue weighted by atomic mass is 10.2. The zero-order valence-electron chi connectivity index (χ0n) is 20.1. The summed E-state index contributed by atoms with van der Waals surface area (Å²) >= 11 is 11.5. The lowest BCUT2D eigenvalue weighted by molar-refractivity contribution is 0.0594. The number of esters is 1. The van der Waals surface area contributed by atoms with Crippen LogP contribution in [0.1, 0.15) is 32.1 Å². The van der Waals surface area contributed by atoms with E-state index in [1.807, 2.05) is 62.4 Å². The third kappa shape index (κ3) is 7.86. The van der Waals surface area contributed by atoms with Crippen LogP contribution in [0, 0.1) is 13.8 Å². The Bertz CT molecular complexity index is 1400. The fourth-order valence-corrected chi connectivity index (χ4v) is 3.23. The fourth-order valence-electron chi connectivity index (χ4n) is 2.94. The second-order valence-electron chi connectivity index (χ2n) is 7.70. The van der Waals surface area contributed by atoms with Crippen LogP contribution in [0.15, 0.2) is 60.7 Å². The van der Waals surface area contributed by atoms with Gasteiger partial charge in [0.2, 0.25) is 0 Å². The van der Waals surface area contributed by atoms with E-state index in [9.17, 15) is 9.59 Å². The van der Waals surface area contributed by atoms with Gasteiger partial charge >= 0.3 is 5.97 Å². The van der Waals surface area contributed by atoms with E-state index in [0.717, 1.165) is 22.5 Å². The van der Waals surface area contributed by atoms with Gasteiger partial charge in [0.15, 0.2) is 21.7 Å². The fraction of sp³-hybridized carbons (Fsp3) is 0.120. The van der Waals surface area contributed by atoms with Gasteiger partial charge in [-0.2, -0.15) is 0 Å². The van der Waals surface area contributed by atoms with Gasteiger partial charge < -0.3 is 21.1 Å². The van der Waals surface area contributed by atoms with E-state index < -0.39 is 11.9 Å². The summed E-state index contributed by atoms with van der Waals surface area (Å²) in [6, 6.07) is 18.4. The van der Waals surface area contributed by atoms with Crippen molar-refractivity contribution in [3.05, 3.63) is 93.5 Å². The van der Waals surface area contributed by atoms with Crippen LogP contribution in [0.4, 0.5) is 22.7 Å². The number of carbonyl (C=O) groups excluding carboxylic acids is 2. The molecule has 0 saturated heterocycles. The van der Waals surface area contributed by atoms with E-state index in [4.69, 9.17) is 28.9 Å². The number of carbonyl (C=O) groups is 2. The molecule has 4 aromatic rings. The van der Waals surface area contributed by atoms with Crippen molar-refractivity contribution in [2.75, 3.05) is 17.7 Å². The zero-order valence-corrected chi connectivity index (χ0v) is 21.6. The van der Waals surface area contributed by atoms with Gasteiger partial charge in [0.25, 0.3) is 5.91 Å². The number of benzene rings is 2. The molecular formula is C25H23Cl2N7O3. The molecule has 0 aliphatic carbocycles. The van der Waals surface area contributed by atoms with Crippen molar-refractivity contribution < 1.29 is 14.3 Å². The lowest BCUT2D eigenvalue weighted by Gasteiger charge is -2.09. The highest BCUT2D eigenvalue weighted by Crippen LogP contribution is 2.23. The minimum atomic E-state index is -0.659. The van der Waals surface area contributed by atoms with Gasteiger partial charge in [0.1, 0.15) is 0 Å². The van der Waals surface area contributed by atoms with Crippen LogP contribution in [-0.2, 0) is 4.74 Å². The van der Waals surface area contributed by atoms with Crippen LogP contribution in [0.3, 0.4) is 0 Å². The van der Waals surface area contributed by atoms with Gasteiger partial charge in [-0.1, -0.05) is 58.6 Å². The lowest BCUT2D eigenvalue weighted by Crippen LogP contribution is -2.16. The molecule has 2 heterocycles. The van der Waals surface area contributed by atoms with E-state index >= 15 is 0 Å². The molecule has 10 nitrogen and oxygen atoms in total. The van der Waals surface area contributed by atoms with Crippen LogP contribution in [0.25, 0.3) is 0 Å². The van der Waals surface area contributed by atoms with E-state index in [1.165, 1.54) is 19.2 Å². The molecule has 2 aromatic carbocycles. The number of primary amides is 1. The van der Waals surface area contributed by atoms with Crippen molar-refractivity contribution in [1.82, 2.24) is 20.4 Å². The number of halogens is 2. The van der Waals surface area contributed by atoms with Gasteiger partial charge in [0, 0.05) is 23.5 Å². The molecule has 0 atom stereocenters. The molecule has 0 bridgehead atoms. The number of hydrogen-bond donors (Lipinski definition) is 3. The minimum absolute atomic E-state index is 0.0555. The highest BCUT2D eigenvalue weighted by Gasteiger charge is 2.16. The van der Waals surface area contributed by atoms with E-state index in [2.05, 4.69) is 35.8 Å². The van der Waals surface area contributed by atoms with Crippen LogP contribution >= 0.6 is 23.2 Å². The predicted molar refractivity (Wildman–Crippen MR) is 143 cm³/mol. The van der Waals surface area contributed by atoms with Crippen LogP contribution in [-0.4, -0.2) is 39.4 Å². The number of aromatic nitrogens is 4. The van der Waals surface area contributed by atoms with E-state index in [1.54, 1.807) is 0 Å². The number of nitrogens with one attached hydrogen (secondary N) is 2. The summed E-state index contributed by atoms with van der Waals surface area (Å²) in [5, 5.41) is 21.1. The Morgan fingerprint density at radius 1 is 0.730 bits per heavy atom. The van der Waals surface area contributed by atoms with E-state index in [0.29, 0.717) is 11.4 Å². The summed E-state index contributed by atoms with van der Waals surface area (Å²) in [4.78, 5) is 22.8. The second-order valence-corrected chi connectivity index (χ2v) is 8.47. The summed E-state index contributed by atoms with van der Waals surface area (Å²) < 4.78 is 4.65. The van der Waals surface area contributed by atoms with Crippen LogP contribution in [0.2, 0.25) is 10.3 Å². The summed E-state index contributed by atoms with van der Waals surface area (Å²) in [7, 11) is 1.29. The molecule has 1 amide bonds. The Morgan fingerprint density at radius 2 is 1.14 bits per heavy atom. The Hall–Kier alpha value is -4.28. The van der Waals surface area contributed by atoms with Crippen molar-refractivity contribution >= 4 is 57.8 Å². The molecule has 190 valence electrons. The Balaban J connectivity index is 0.000000206. The maximum absolute atomic E-state index is 11.6. The smallest absolute Gasteiger partial charge is 0.360 e. The van der Waals surface area contributed by atoms with Crippen molar-refractivity contribution in [2.45, 2.75) is 13.8 Å². The minimum Gasteiger partial charge on any atom is -0.464 e. The first-order valence-corrected chi connectivity index (χ1v) is 11.5. The largest absolute Gasteiger partial charge is 0.464 e. The van der Waals surface area contributed by atoms with Crippen molar-refractivity contribution in [3.8, 4) is 0 Å². The van der Waals surface area contributed by atoms with Crippen LogP contribution in [0.5, 0.6) is 0 Å². The number of anilines is 4. The highest BCUT2D eigenvalue weighted by atomic mass is 35.5. The van der Waals surface area contributed by atoms with Crippen molar-refractivity contribution in [3.63, 3.8) is 0 Å². The first-order valence-electron chi connectivity index (χ1n) is 10.8. The number of amides is 1. The zero-order chi connectivity index (χ0) is 26.9. The summed E-state index contributed by atoms with van der Waals surface area (Å²) in [5.41, 5.74) is 10.2. The molecular weight excluding hydrogens is 517 g/mol. The quantitative estimate of drug-likeness (QED) is 0.279. The SMILES string of the molecule is COC(=O)c1nnc(Cl)cc1Nc1ccc(C)cc1.Cc1ccc(Nc2cc(Cl)nnc2C(N)=O)cc1. The standard InChI is InChI=1S/C13H12ClN3O2.C12H11ClN4O/c1-8-3-5-9(6-4-8)15-10-7-11(14)16-17-12(10)13(18)19-2;1-7-2-4-8(5-3-7)15-9-6-10(13)16-17-11(9)12(14)18/h3-7H,1-2H3,(H,15,16);2-6H,1H3,(H2,14,18)(H,15,16). The van der Waals surface area contributed by atoms with Gasteiger partial charge in [-0.05, 0) is 38.1 Å². The summed E-state index contributed by atoms with van der Waals surface area (Å²) in [6.45, 7) is 3.98. The molecule has 4 N–H and O–H groups in total. The molecule has 0 unspecified atom stereocenters. The number of methoxy groups -OCH3 is 1. The predicted octanol–water partition coefficient (Wildman–Crippen LogP) is 5.25. The normalized spacial score (nSPS) is 10.1. The monoisotopic (exact) mass is 539 g/mol. The Kier molecular flexibility index (Phi) is 9.31. The van der Waals surface area contributed by atoms with Gasteiger partial charge in [-0.15, -0.1) is 20.4 Å². The number of rotatable bonds is 6. The van der Waals surface area contributed by atoms with Crippen molar-refractivity contribution in [1.29, 1.82) is 0 Å². The molecule has 0 radical (unpaired) electrons. The Labute approximate surface area is 223 Å².